The largest absolute Gasteiger partial charge is 0.369 e. The van der Waals surface area contributed by atoms with Crippen LogP contribution in [-0.2, 0) is 4.79 Å². The molecule has 0 fully saturated rings. The quantitative estimate of drug-likeness (QED) is 0.901. The topological polar surface area (TPSA) is 43.1 Å². The van der Waals surface area contributed by atoms with Gasteiger partial charge >= 0.3 is 0 Å². The van der Waals surface area contributed by atoms with Gasteiger partial charge < -0.3 is 5.73 Å². The van der Waals surface area contributed by atoms with Gasteiger partial charge in [0.1, 0.15) is 0 Å². The van der Waals surface area contributed by atoms with Crippen LogP contribution in [0.1, 0.15) is 36.0 Å². The third-order valence-corrected chi connectivity index (χ3v) is 3.86. The first kappa shape index (κ1) is 12.2. The lowest BCUT2D eigenvalue weighted by molar-refractivity contribution is -0.119. The predicted octanol–water partition coefficient (Wildman–Crippen LogP) is 3.04. The van der Waals surface area contributed by atoms with Crippen LogP contribution in [0.3, 0.4) is 0 Å². The fourth-order valence-electron chi connectivity index (χ4n) is 1.78. The summed E-state index contributed by atoms with van der Waals surface area (Å²) in [5, 5.41) is 0. The van der Waals surface area contributed by atoms with E-state index in [0.717, 1.165) is 27.6 Å². The molecule has 1 rings (SSSR count). The van der Waals surface area contributed by atoms with E-state index in [1.54, 1.807) is 0 Å². The van der Waals surface area contributed by atoms with Crippen LogP contribution in [0.5, 0.6) is 0 Å². The van der Waals surface area contributed by atoms with Gasteiger partial charge in [0, 0.05) is 4.47 Å². The number of carbonyl (C=O) groups excluding carboxylic acids is 1. The van der Waals surface area contributed by atoms with E-state index in [-0.39, 0.29) is 11.8 Å². The Labute approximate surface area is 99.0 Å². The highest BCUT2D eigenvalue weighted by molar-refractivity contribution is 9.10. The molecule has 0 bridgehead atoms. The Morgan fingerprint density at radius 1 is 1.40 bits per heavy atom. The third kappa shape index (κ3) is 2.59. The minimum absolute atomic E-state index is 0.171. The zero-order chi connectivity index (χ0) is 11.6. The fraction of sp³-hybridized carbons (Fsp3) is 0.417. The van der Waals surface area contributed by atoms with Crippen molar-refractivity contribution in [3.63, 3.8) is 0 Å². The first-order valence-electron chi connectivity index (χ1n) is 5.03. The van der Waals surface area contributed by atoms with Gasteiger partial charge in [-0.05, 0) is 37.0 Å². The van der Waals surface area contributed by atoms with Gasteiger partial charge in [-0.25, -0.2) is 0 Å². The molecule has 1 aromatic carbocycles. The molecule has 2 nitrogen and oxygen atoms in total. The molecule has 0 heterocycles. The minimum Gasteiger partial charge on any atom is -0.369 e. The molecular weight excluding hydrogens is 254 g/mol. The predicted molar refractivity (Wildman–Crippen MR) is 65.8 cm³/mol. The van der Waals surface area contributed by atoms with E-state index >= 15 is 0 Å². The molecule has 2 N–H and O–H groups in total. The van der Waals surface area contributed by atoms with Gasteiger partial charge in [-0.1, -0.05) is 35.0 Å². The number of rotatable bonds is 3. The van der Waals surface area contributed by atoms with Crippen LogP contribution in [0.15, 0.2) is 16.6 Å². The Kier molecular flexibility index (Phi) is 3.91. The number of aryl methyl sites for hydroxylation is 2. The summed E-state index contributed by atoms with van der Waals surface area (Å²) >= 11 is 3.51. The van der Waals surface area contributed by atoms with E-state index in [4.69, 9.17) is 5.73 Å². The van der Waals surface area contributed by atoms with Crippen molar-refractivity contribution >= 4 is 21.8 Å². The smallest absolute Gasteiger partial charge is 0.224 e. The molecule has 15 heavy (non-hydrogen) atoms. The lowest BCUT2D eigenvalue weighted by Crippen LogP contribution is -2.21. The Morgan fingerprint density at radius 2 is 1.87 bits per heavy atom. The monoisotopic (exact) mass is 269 g/mol. The van der Waals surface area contributed by atoms with Gasteiger partial charge in [-0.3, -0.25) is 4.79 Å². The van der Waals surface area contributed by atoms with Crippen LogP contribution in [-0.4, -0.2) is 5.91 Å². The molecular formula is C12H16BrNO. The third-order valence-electron chi connectivity index (χ3n) is 2.61. The van der Waals surface area contributed by atoms with Crippen molar-refractivity contribution in [1.29, 1.82) is 0 Å². The summed E-state index contributed by atoms with van der Waals surface area (Å²) in [6.45, 7) is 6.02. The molecule has 1 amide bonds. The highest BCUT2D eigenvalue weighted by atomic mass is 79.9. The van der Waals surface area contributed by atoms with E-state index in [2.05, 4.69) is 15.9 Å². The first-order chi connectivity index (χ1) is 6.97. The van der Waals surface area contributed by atoms with Crippen LogP contribution in [0.2, 0.25) is 0 Å². The Hall–Kier alpha value is -0.830. The molecule has 1 atom stereocenters. The number of hydrogen-bond acceptors (Lipinski definition) is 1. The average Bonchev–Trinajstić information content (AvgIpc) is 2.14. The normalized spacial score (nSPS) is 12.5. The summed E-state index contributed by atoms with van der Waals surface area (Å²) in [6, 6.07) is 4.05. The van der Waals surface area contributed by atoms with Gasteiger partial charge in [0.25, 0.3) is 0 Å². The van der Waals surface area contributed by atoms with Crippen molar-refractivity contribution in [2.45, 2.75) is 33.1 Å². The van der Waals surface area contributed by atoms with Crippen LogP contribution in [0.25, 0.3) is 0 Å². The Balaban J connectivity index is 3.20. The molecule has 0 spiro atoms. The molecule has 1 unspecified atom stereocenters. The van der Waals surface area contributed by atoms with Gasteiger partial charge in [0.05, 0.1) is 5.92 Å². The van der Waals surface area contributed by atoms with E-state index < -0.39 is 0 Å². The highest BCUT2D eigenvalue weighted by Gasteiger charge is 2.16. The minimum atomic E-state index is -0.251. The molecule has 82 valence electrons. The van der Waals surface area contributed by atoms with Crippen LogP contribution in [0, 0.1) is 13.8 Å². The number of carbonyl (C=O) groups is 1. The fourth-order valence-corrected chi connectivity index (χ4v) is 2.01. The second kappa shape index (κ2) is 4.79. The number of nitrogens with two attached hydrogens (primary N) is 1. The van der Waals surface area contributed by atoms with Crippen molar-refractivity contribution in [3.05, 3.63) is 33.3 Å². The second-order valence-electron chi connectivity index (χ2n) is 3.83. The second-order valence-corrected chi connectivity index (χ2v) is 4.62. The zero-order valence-corrected chi connectivity index (χ0v) is 10.9. The maximum atomic E-state index is 11.2. The summed E-state index contributed by atoms with van der Waals surface area (Å²) < 4.78 is 1.10. The van der Waals surface area contributed by atoms with Gasteiger partial charge in [-0.2, -0.15) is 0 Å². The number of hydrogen-bond donors (Lipinski definition) is 1. The lowest BCUT2D eigenvalue weighted by atomic mass is 9.93. The number of amides is 1. The molecule has 3 heteroatoms. The maximum absolute atomic E-state index is 11.2. The molecule has 0 saturated heterocycles. The van der Waals surface area contributed by atoms with Crippen LogP contribution in [0.4, 0.5) is 0 Å². The molecule has 1 aromatic rings. The van der Waals surface area contributed by atoms with E-state index in [1.165, 1.54) is 0 Å². The summed E-state index contributed by atoms with van der Waals surface area (Å²) in [5.41, 5.74) is 8.67. The van der Waals surface area contributed by atoms with Crippen LogP contribution >= 0.6 is 15.9 Å². The van der Waals surface area contributed by atoms with Crippen molar-refractivity contribution in [2.75, 3.05) is 0 Å². The van der Waals surface area contributed by atoms with E-state index in [9.17, 15) is 4.79 Å². The summed E-state index contributed by atoms with van der Waals surface area (Å²) in [7, 11) is 0. The summed E-state index contributed by atoms with van der Waals surface area (Å²) in [6.07, 6.45) is 0.746. The first-order valence-corrected chi connectivity index (χ1v) is 5.82. The van der Waals surface area contributed by atoms with Crippen LogP contribution < -0.4 is 5.73 Å². The molecule has 0 aliphatic heterocycles. The van der Waals surface area contributed by atoms with Crippen molar-refractivity contribution < 1.29 is 4.79 Å². The van der Waals surface area contributed by atoms with Gasteiger partial charge in [0.2, 0.25) is 5.91 Å². The Morgan fingerprint density at radius 3 is 2.20 bits per heavy atom. The SMILES string of the molecule is CCC(C(N)=O)c1cc(C)c(Br)c(C)c1. The molecule has 0 aromatic heterocycles. The number of primary amides is 1. The average molecular weight is 270 g/mol. The highest BCUT2D eigenvalue weighted by Crippen LogP contribution is 2.27. The van der Waals surface area contributed by atoms with Gasteiger partial charge in [0.15, 0.2) is 0 Å². The van der Waals surface area contributed by atoms with Crippen molar-refractivity contribution in [2.24, 2.45) is 5.73 Å². The van der Waals surface area contributed by atoms with Crippen molar-refractivity contribution in [3.8, 4) is 0 Å². The summed E-state index contributed by atoms with van der Waals surface area (Å²) in [4.78, 5) is 11.2. The molecule has 0 saturated carbocycles. The Bertz CT molecular complexity index is 364. The number of benzene rings is 1. The molecule has 0 aliphatic carbocycles. The lowest BCUT2D eigenvalue weighted by Gasteiger charge is -2.14. The standard InChI is InChI=1S/C12H16BrNO/c1-4-10(12(14)15)9-5-7(2)11(13)8(3)6-9/h5-6,10H,4H2,1-3H3,(H2,14,15). The van der Waals surface area contributed by atoms with Crippen molar-refractivity contribution in [1.82, 2.24) is 0 Å². The van der Waals surface area contributed by atoms with E-state index in [1.807, 2.05) is 32.9 Å². The molecule has 0 aliphatic rings. The number of halogens is 1. The maximum Gasteiger partial charge on any atom is 0.224 e. The van der Waals surface area contributed by atoms with Gasteiger partial charge in [-0.15, -0.1) is 0 Å². The van der Waals surface area contributed by atoms with E-state index in [0.29, 0.717) is 0 Å². The summed E-state index contributed by atoms with van der Waals surface area (Å²) in [5.74, 6) is -0.422. The zero-order valence-electron chi connectivity index (χ0n) is 9.30. The molecule has 0 radical (unpaired) electrons.